The maximum atomic E-state index is 14.8. The predicted octanol–water partition coefficient (Wildman–Crippen LogP) is 0.496. The summed E-state index contributed by atoms with van der Waals surface area (Å²) in [5, 5.41) is 12.5. The summed E-state index contributed by atoms with van der Waals surface area (Å²) in [4.78, 5) is 42.6. The van der Waals surface area contributed by atoms with Crippen LogP contribution < -0.4 is 15.1 Å². The number of anilines is 2. The van der Waals surface area contributed by atoms with Crippen LogP contribution in [0, 0.1) is 5.82 Å². The molecule has 1 saturated heterocycles. The van der Waals surface area contributed by atoms with E-state index in [9.17, 15) is 18.8 Å². The first-order valence-corrected chi connectivity index (χ1v) is 9.53. The predicted molar refractivity (Wildman–Crippen MR) is 106 cm³/mol. The van der Waals surface area contributed by atoms with Crippen molar-refractivity contribution in [2.45, 2.75) is 20.0 Å². The molecule has 0 aliphatic carbocycles. The number of carbonyl (C=O) groups is 3. The minimum absolute atomic E-state index is 0.133. The molecule has 0 saturated carbocycles. The van der Waals surface area contributed by atoms with Gasteiger partial charge in [0.05, 0.1) is 38.1 Å². The number of cyclic esters (lactones) is 1. The van der Waals surface area contributed by atoms with Crippen LogP contribution in [0.2, 0.25) is 0 Å². The second-order valence-electron chi connectivity index (χ2n) is 6.61. The molecule has 1 aromatic carbocycles. The number of amides is 3. The maximum Gasteiger partial charge on any atom is 0.414 e. The van der Waals surface area contributed by atoms with Crippen LogP contribution in [0.4, 0.5) is 20.6 Å². The summed E-state index contributed by atoms with van der Waals surface area (Å²) in [5.41, 5.74) is 0.646. The summed E-state index contributed by atoms with van der Waals surface area (Å²) >= 11 is 0. The van der Waals surface area contributed by atoms with Gasteiger partial charge in [0.2, 0.25) is 5.91 Å². The smallest absolute Gasteiger partial charge is 0.414 e. The van der Waals surface area contributed by atoms with Crippen molar-refractivity contribution in [3.63, 3.8) is 0 Å². The number of aliphatic hydroxyl groups is 1. The van der Waals surface area contributed by atoms with E-state index >= 15 is 0 Å². The third kappa shape index (κ3) is 5.80. The Bertz CT molecular complexity index is 777. The summed E-state index contributed by atoms with van der Waals surface area (Å²) in [6.45, 7) is 3.77. The van der Waals surface area contributed by atoms with E-state index in [4.69, 9.17) is 14.7 Å². The fraction of sp³-hybridized carbons (Fsp3) is 0.526. The van der Waals surface area contributed by atoms with Crippen LogP contribution in [0.1, 0.15) is 13.8 Å². The highest BCUT2D eigenvalue weighted by atomic mass is 19.1. The molecule has 0 radical (unpaired) electrons. The molecule has 0 aromatic heterocycles. The van der Waals surface area contributed by atoms with Gasteiger partial charge in [0.25, 0.3) is 5.91 Å². The van der Waals surface area contributed by atoms with Crippen molar-refractivity contribution in [1.29, 1.82) is 0 Å². The fourth-order valence-corrected chi connectivity index (χ4v) is 3.07. The molecule has 1 aliphatic heterocycles. The molecule has 0 spiro atoms. The number of likely N-dealkylation sites (N-methyl/N-ethyl adjacent to an activating group) is 1. The summed E-state index contributed by atoms with van der Waals surface area (Å²) in [7, 11) is 1.31. The third-order valence-electron chi connectivity index (χ3n) is 4.62. The number of hydrogen-bond donors (Lipinski definition) is 2. The second kappa shape index (κ2) is 10.7. The minimum Gasteiger partial charge on any atom is -0.442 e. The highest BCUT2D eigenvalue weighted by Gasteiger charge is 2.32. The Morgan fingerprint density at radius 3 is 2.70 bits per heavy atom. The minimum atomic E-state index is -0.683. The van der Waals surface area contributed by atoms with Gasteiger partial charge in [-0.3, -0.25) is 19.3 Å². The van der Waals surface area contributed by atoms with Gasteiger partial charge in [-0.05, 0) is 25.1 Å². The average Bonchev–Trinajstić information content (AvgIpc) is 3.10. The standard InChI is InChI=1S/C19H27FN4O6/c1-4-22(7-8-24(29-3)18(27)12-25)17-6-5-14(9-16(17)20)23-11-15(30-19(23)28)10-21-13(2)26/h5-6,9,15,25H,4,7-8,10-12H2,1-3H3,(H,21,26)/t15-/m0/s1. The van der Waals surface area contributed by atoms with Crippen LogP contribution in [0.25, 0.3) is 0 Å². The van der Waals surface area contributed by atoms with E-state index in [2.05, 4.69) is 5.32 Å². The topological polar surface area (TPSA) is 112 Å². The van der Waals surface area contributed by atoms with Crippen molar-refractivity contribution in [3.8, 4) is 0 Å². The van der Waals surface area contributed by atoms with Gasteiger partial charge in [-0.2, -0.15) is 0 Å². The number of hydroxylamine groups is 2. The van der Waals surface area contributed by atoms with E-state index in [1.54, 1.807) is 17.0 Å². The highest BCUT2D eigenvalue weighted by molar-refractivity contribution is 5.90. The molecule has 1 aromatic rings. The molecule has 1 atom stereocenters. The summed E-state index contributed by atoms with van der Waals surface area (Å²) in [6.07, 6.45) is -1.12. The number of benzene rings is 1. The molecular weight excluding hydrogens is 399 g/mol. The molecule has 166 valence electrons. The molecule has 0 unspecified atom stereocenters. The van der Waals surface area contributed by atoms with Gasteiger partial charge in [-0.1, -0.05) is 0 Å². The molecule has 3 amide bonds. The first-order chi connectivity index (χ1) is 14.3. The molecule has 11 heteroatoms. The van der Waals surface area contributed by atoms with Gasteiger partial charge in [-0.25, -0.2) is 14.2 Å². The molecule has 1 heterocycles. The van der Waals surface area contributed by atoms with E-state index in [-0.39, 0.29) is 32.1 Å². The number of aliphatic hydroxyl groups excluding tert-OH is 1. The normalized spacial score (nSPS) is 15.7. The van der Waals surface area contributed by atoms with Gasteiger partial charge in [-0.15, -0.1) is 0 Å². The lowest BCUT2D eigenvalue weighted by Crippen LogP contribution is -2.39. The van der Waals surface area contributed by atoms with Gasteiger partial charge in [0.15, 0.2) is 0 Å². The Morgan fingerprint density at radius 2 is 2.13 bits per heavy atom. The van der Waals surface area contributed by atoms with E-state index in [0.29, 0.717) is 17.9 Å². The molecular formula is C19H27FN4O6. The lowest BCUT2D eigenvalue weighted by atomic mass is 10.2. The second-order valence-corrected chi connectivity index (χ2v) is 6.61. The van der Waals surface area contributed by atoms with Crippen molar-refractivity contribution in [1.82, 2.24) is 10.4 Å². The summed E-state index contributed by atoms with van der Waals surface area (Å²) in [5.74, 6) is -1.36. The number of hydrogen-bond acceptors (Lipinski definition) is 7. The van der Waals surface area contributed by atoms with Gasteiger partial charge in [0.1, 0.15) is 18.5 Å². The summed E-state index contributed by atoms with van der Waals surface area (Å²) in [6, 6.07) is 4.40. The Morgan fingerprint density at radius 1 is 1.40 bits per heavy atom. The van der Waals surface area contributed by atoms with Crippen LogP contribution in [0.5, 0.6) is 0 Å². The maximum absolute atomic E-state index is 14.8. The lowest BCUT2D eigenvalue weighted by Gasteiger charge is -2.27. The molecule has 30 heavy (non-hydrogen) atoms. The molecule has 1 fully saturated rings. The number of rotatable bonds is 10. The van der Waals surface area contributed by atoms with E-state index in [1.807, 2.05) is 6.92 Å². The zero-order valence-corrected chi connectivity index (χ0v) is 17.3. The van der Waals surface area contributed by atoms with Gasteiger partial charge in [0, 0.05) is 20.0 Å². The van der Waals surface area contributed by atoms with Crippen molar-refractivity contribution < 1.29 is 33.5 Å². The largest absolute Gasteiger partial charge is 0.442 e. The van der Waals surface area contributed by atoms with Crippen LogP contribution in [-0.2, 0) is 19.2 Å². The third-order valence-corrected chi connectivity index (χ3v) is 4.62. The molecule has 0 bridgehead atoms. The highest BCUT2D eigenvalue weighted by Crippen LogP contribution is 2.28. The number of ether oxygens (including phenoxy) is 1. The monoisotopic (exact) mass is 426 g/mol. The number of nitrogens with zero attached hydrogens (tertiary/aromatic N) is 3. The van der Waals surface area contributed by atoms with Crippen LogP contribution in [-0.4, -0.2) is 80.6 Å². The van der Waals surface area contributed by atoms with E-state index in [1.165, 1.54) is 25.0 Å². The molecule has 2 rings (SSSR count). The van der Waals surface area contributed by atoms with Crippen molar-refractivity contribution in [3.05, 3.63) is 24.0 Å². The molecule has 10 nitrogen and oxygen atoms in total. The average molecular weight is 426 g/mol. The zero-order valence-electron chi connectivity index (χ0n) is 17.3. The zero-order chi connectivity index (χ0) is 22.3. The van der Waals surface area contributed by atoms with Crippen LogP contribution in [0.3, 0.4) is 0 Å². The van der Waals surface area contributed by atoms with Crippen LogP contribution >= 0.6 is 0 Å². The van der Waals surface area contributed by atoms with E-state index in [0.717, 1.165) is 5.06 Å². The quantitative estimate of drug-likeness (QED) is 0.524. The SMILES string of the molecule is CCN(CCN(OC)C(=O)CO)c1ccc(N2C[C@H](CNC(C)=O)OC2=O)cc1F. The Hall–Kier alpha value is -2.92. The Balaban J connectivity index is 2.07. The lowest BCUT2D eigenvalue weighted by molar-refractivity contribution is -0.178. The van der Waals surface area contributed by atoms with Crippen LogP contribution in [0.15, 0.2) is 18.2 Å². The fourth-order valence-electron chi connectivity index (χ4n) is 3.07. The van der Waals surface area contributed by atoms with Crippen molar-refractivity contribution in [2.75, 3.05) is 56.2 Å². The molecule has 1 aliphatic rings. The number of halogens is 1. The Kier molecular flexibility index (Phi) is 8.36. The van der Waals surface area contributed by atoms with Gasteiger partial charge < -0.3 is 20.1 Å². The van der Waals surface area contributed by atoms with Crippen molar-refractivity contribution in [2.24, 2.45) is 0 Å². The number of nitrogens with one attached hydrogen (secondary N) is 1. The molecule has 2 N–H and O–H groups in total. The van der Waals surface area contributed by atoms with E-state index < -0.39 is 30.5 Å². The number of carbonyl (C=O) groups excluding carboxylic acids is 3. The first-order valence-electron chi connectivity index (χ1n) is 9.53. The van der Waals surface area contributed by atoms with Crippen molar-refractivity contribution >= 4 is 29.3 Å². The van der Waals surface area contributed by atoms with Gasteiger partial charge >= 0.3 is 6.09 Å². The Labute approximate surface area is 174 Å². The first kappa shape index (κ1) is 23.4. The summed E-state index contributed by atoms with van der Waals surface area (Å²) < 4.78 is 20.0.